The molecule has 0 amide bonds. The summed E-state index contributed by atoms with van der Waals surface area (Å²) in [6.45, 7) is 3.58. The van der Waals surface area contributed by atoms with Crippen molar-refractivity contribution >= 4 is 22.1 Å². The third kappa shape index (κ3) is 29.5. The van der Waals surface area contributed by atoms with Crippen LogP contribution in [0.1, 0.15) is 155 Å². The molecule has 0 unspecified atom stereocenters. The highest BCUT2D eigenvalue weighted by atomic mass is 32.2. The predicted octanol–water partition coefficient (Wildman–Crippen LogP) is 8.56. The number of esters is 2. The van der Waals surface area contributed by atoms with Crippen LogP contribution in [0.4, 0.5) is 0 Å². The van der Waals surface area contributed by atoms with Crippen molar-refractivity contribution in [3.05, 3.63) is 60.8 Å². The van der Waals surface area contributed by atoms with Crippen LogP contribution < -0.4 is 0 Å². The van der Waals surface area contributed by atoms with Crippen LogP contribution in [0.5, 0.6) is 0 Å². The summed E-state index contributed by atoms with van der Waals surface area (Å²) in [7, 11) is -4.61. The zero-order chi connectivity index (χ0) is 42.7. The fourth-order valence-corrected chi connectivity index (χ4v) is 6.88. The fraction of sp³-hybridized carbons (Fsp3) is 0.733. The molecule has 1 heterocycles. The van der Waals surface area contributed by atoms with Gasteiger partial charge in [0.15, 0.2) is 12.4 Å². The molecule has 0 bridgehead atoms. The largest absolute Gasteiger partial charge is 0.462 e. The Bertz CT molecular complexity index is 1310. The average molecular weight is 841 g/mol. The van der Waals surface area contributed by atoms with Gasteiger partial charge in [-0.1, -0.05) is 126 Å². The molecule has 1 rings (SSSR count). The highest BCUT2D eigenvalue weighted by molar-refractivity contribution is 7.85. The van der Waals surface area contributed by atoms with Crippen LogP contribution in [0, 0.1) is 0 Å². The van der Waals surface area contributed by atoms with E-state index < -0.39 is 71.2 Å². The second-order valence-corrected chi connectivity index (χ2v) is 16.5. The Kier molecular flexibility index (Phi) is 32.3. The summed E-state index contributed by atoms with van der Waals surface area (Å²) in [4.78, 5) is 25.4. The Morgan fingerprint density at radius 2 is 1.09 bits per heavy atom. The molecule has 6 atom stereocenters. The van der Waals surface area contributed by atoms with E-state index in [1.165, 1.54) is 19.3 Å². The van der Waals surface area contributed by atoms with E-state index in [-0.39, 0.29) is 19.4 Å². The summed E-state index contributed by atoms with van der Waals surface area (Å²) in [5, 5.41) is 30.8. The van der Waals surface area contributed by atoms with Gasteiger partial charge in [-0.15, -0.1) is 0 Å². The number of ether oxygens (including phenoxy) is 4. The van der Waals surface area contributed by atoms with Gasteiger partial charge in [-0.05, 0) is 77.0 Å². The molecule has 0 aromatic rings. The van der Waals surface area contributed by atoms with Crippen molar-refractivity contribution in [1.82, 2.24) is 0 Å². The molecule has 1 fully saturated rings. The first-order valence-electron chi connectivity index (χ1n) is 21.8. The van der Waals surface area contributed by atoms with E-state index in [1.807, 2.05) is 0 Å². The lowest BCUT2D eigenvalue weighted by Gasteiger charge is -2.40. The number of aliphatic hydroxyl groups excluding tert-OH is 3. The van der Waals surface area contributed by atoms with E-state index >= 15 is 0 Å². The van der Waals surface area contributed by atoms with Gasteiger partial charge >= 0.3 is 11.9 Å². The first-order chi connectivity index (χ1) is 28.0. The minimum Gasteiger partial charge on any atom is -0.462 e. The van der Waals surface area contributed by atoms with Gasteiger partial charge in [-0.3, -0.25) is 14.1 Å². The summed E-state index contributed by atoms with van der Waals surface area (Å²) < 4.78 is 54.0. The van der Waals surface area contributed by atoms with Crippen molar-refractivity contribution in [2.75, 3.05) is 19.0 Å². The molecular formula is C45H76O12S. The molecule has 0 aromatic carbocycles. The molecule has 0 spiro atoms. The molecule has 1 aliphatic heterocycles. The zero-order valence-corrected chi connectivity index (χ0v) is 36.2. The summed E-state index contributed by atoms with van der Waals surface area (Å²) in [6.07, 6.45) is 32.6. The van der Waals surface area contributed by atoms with E-state index in [0.717, 1.165) is 96.3 Å². The Morgan fingerprint density at radius 1 is 0.603 bits per heavy atom. The SMILES string of the molecule is CC/C=C\C/C=C\C/C=C\CCCCCCCC(=O)OC[C@@H](CO[C@H]1O[C@H](CS(=O)(=O)O)[C@@H](O)[C@H](O)[C@H]1O)OC(=O)CCCCCCC/C=C\C/C=C\CCCCC. The van der Waals surface area contributed by atoms with Crippen LogP contribution in [-0.2, 0) is 38.7 Å². The average Bonchev–Trinajstić information content (AvgIpc) is 3.18. The predicted molar refractivity (Wildman–Crippen MR) is 229 cm³/mol. The molecule has 1 saturated heterocycles. The van der Waals surface area contributed by atoms with Gasteiger partial charge in [0.05, 0.1) is 6.61 Å². The number of unbranched alkanes of at least 4 members (excludes halogenated alkanes) is 13. The quantitative estimate of drug-likeness (QED) is 0.0207. The third-order valence-electron chi connectivity index (χ3n) is 9.58. The second-order valence-electron chi connectivity index (χ2n) is 15.0. The van der Waals surface area contributed by atoms with Gasteiger partial charge in [-0.2, -0.15) is 8.42 Å². The number of carbonyl (C=O) groups excluding carboxylic acids is 2. The van der Waals surface area contributed by atoms with E-state index in [2.05, 4.69) is 74.6 Å². The lowest BCUT2D eigenvalue weighted by atomic mass is 10.00. The molecule has 0 saturated carbocycles. The summed E-state index contributed by atoms with van der Waals surface area (Å²) in [5.41, 5.74) is 0. The maximum atomic E-state index is 12.8. The van der Waals surface area contributed by atoms with Crippen LogP contribution in [0.2, 0.25) is 0 Å². The van der Waals surface area contributed by atoms with Gasteiger partial charge in [0, 0.05) is 12.8 Å². The Balaban J connectivity index is 2.49. The van der Waals surface area contributed by atoms with Crippen LogP contribution in [0.25, 0.3) is 0 Å². The Morgan fingerprint density at radius 3 is 1.62 bits per heavy atom. The molecule has 12 nitrogen and oxygen atoms in total. The molecule has 0 radical (unpaired) electrons. The summed E-state index contributed by atoms with van der Waals surface area (Å²) in [5.74, 6) is -2.03. The van der Waals surface area contributed by atoms with Gasteiger partial charge in [-0.25, -0.2) is 0 Å². The molecule has 58 heavy (non-hydrogen) atoms. The molecule has 4 N–H and O–H groups in total. The van der Waals surface area contributed by atoms with Crippen LogP contribution in [-0.4, -0.2) is 96.0 Å². The highest BCUT2D eigenvalue weighted by Gasteiger charge is 2.46. The van der Waals surface area contributed by atoms with E-state index in [1.54, 1.807) is 0 Å². The Labute approximate surface area is 349 Å². The van der Waals surface area contributed by atoms with Gasteiger partial charge < -0.3 is 34.3 Å². The summed E-state index contributed by atoms with van der Waals surface area (Å²) in [6, 6.07) is 0. The first-order valence-corrected chi connectivity index (χ1v) is 23.5. The smallest absolute Gasteiger partial charge is 0.306 e. The number of aliphatic hydroxyl groups is 3. The van der Waals surface area contributed by atoms with Gasteiger partial charge in [0.25, 0.3) is 10.1 Å². The second kappa shape index (κ2) is 35.1. The topological polar surface area (TPSA) is 186 Å². The molecular weight excluding hydrogens is 765 g/mol. The van der Waals surface area contributed by atoms with Crippen molar-refractivity contribution in [2.45, 2.75) is 192 Å². The van der Waals surface area contributed by atoms with Crippen molar-refractivity contribution < 1.29 is 56.8 Å². The number of allylic oxidation sites excluding steroid dienone is 10. The standard InChI is InChI=1S/C45H76O12S/c1-3-5-7-9-11-13-15-17-19-21-23-25-27-29-31-33-40(46)54-35-38(36-55-45-44(50)43(49)42(48)39(57-45)37-58(51,52)53)56-41(47)34-32-30-28-26-24-22-20-18-16-14-12-10-8-6-4-2/h5,7,11-14,17-20,38-39,42-45,48-50H,3-4,6,8-10,15-16,21-37H2,1-2H3,(H,51,52,53)/b7-5-,13-11-,14-12-,19-17-,20-18-/t38-,39+,42+,43-,44+,45-/m0/s1. The fourth-order valence-electron chi connectivity index (χ4n) is 6.19. The normalized spacial score (nSPS) is 21.0. The van der Waals surface area contributed by atoms with Crippen LogP contribution in [0.15, 0.2) is 60.8 Å². The lowest BCUT2D eigenvalue weighted by molar-refractivity contribution is -0.297. The molecule has 0 aliphatic carbocycles. The zero-order valence-electron chi connectivity index (χ0n) is 35.4. The van der Waals surface area contributed by atoms with Crippen molar-refractivity contribution in [3.8, 4) is 0 Å². The van der Waals surface area contributed by atoms with Gasteiger partial charge in [0.1, 0.15) is 36.8 Å². The maximum absolute atomic E-state index is 12.8. The molecule has 334 valence electrons. The van der Waals surface area contributed by atoms with Crippen molar-refractivity contribution in [3.63, 3.8) is 0 Å². The monoisotopic (exact) mass is 841 g/mol. The molecule has 13 heteroatoms. The molecule has 0 aromatic heterocycles. The highest BCUT2D eigenvalue weighted by Crippen LogP contribution is 2.24. The number of hydrogen-bond donors (Lipinski definition) is 4. The molecule has 1 aliphatic rings. The minimum absolute atomic E-state index is 0.141. The maximum Gasteiger partial charge on any atom is 0.306 e. The minimum atomic E-state index is -4.61. The number of hydrogen-bond acceptors (Lipinski definition) is 11. The third-order valence-corrected chi connectivity index (χ3v) is 10.3. The van der Waals surface area contributed by atoms with E-state index in [9.17, 15) is 37.9 Å². The van der Waals surface area contributed by atoms with Crippen LogP contribution in [0.3, 0.4) is 0 Å². The van der Waals surface area contributed by atoms with Gasteiger partial charge in [0.2, 0.25) is 0 Å². The Hall–Kier alpha value is -2.65. The number of rotatable bonds is 35. The lowest BCUT2D eigenvalue weighted by Crippen LogP contribution is -2.60. The van der Waals surface area contributed by atoms with E-state index in [0.29, 0.717) is 12.8 Å². The van der Waals surface area contributed by atoms with Crippen molar-refractivity contribution in [2.24, 2.45) is 0 Å². The number of carbonyl (C=O) groups is 2. The van der Waals surface area contributed by atoms with Crippen molar-refractivity contribution in [1.29, 1.82) is 0 Å². The summed E-state index contributed by atoms with van der Waals surface area (Å²) >= 11 is 0. The van der Waals surface area contributed by atoms with Crippen LogP contribution >= 0.6 is 0 Å². The first kappa shape index (κ1) is 53.4. The van der Waals surface area contributed by atoms with E-state index in [4.69, 9.17) is 18.9 Å².